The minimum atomic E-state index is -0.476. The highest BCUT2D eigenvalue weighted by Crippen LogP contribution is 2.14. The van der Waals surface area contributed by atoms with Crippen LogP contribution in [0.15, 0.2) is 0 Å². The fourth-order valence-corrected chi connectivity index (χ4v) is 0.436. The molecule has 11 heavy (non-hydrogen) atoms. The number of rotatable bonds is 3. The number of alkyl halides is 1. The molecular weight excluding hydrogens is 147 g/mol. The van der Waals surface area contributed by atoms with E-state index in [0.29, 0.717) is 6.42 Å². The van der Waals surface area contributed by atoms with Crippen LogP contribution in [0, 0.1) is 5.41 Å². The van der Waals surface area contributed by atoms with Crippen LogP contribution in [0.2, 0.25) is 0 Å². The van der Waals surface area contributed by atoms with Gasteiger partial charge in [0.1, 0.15) is 0 Å². The average Bonchev–Trinajstić information content (AvgIpc) is 1.86. The monoisotopic (exact) mass is 162 g/mol. The lowest BCUT2D eigenvalue weighted by atomic mass is 9.97. The van der Waals surface area contributed by atoms with Crippen molar-refractivity contribution in [3.05, 3.63) is 0 Å². The number of esters is 1. The molecule has 3 heteroatoms. The van der Waals surface area contributed by atoms with Gasteiger partial charge in [-0.05, 0) is 20.8 Å². The van der Waals surface area contributed by atoms with E-state index < -0.39 is 12.1 Å². The topological polar surface area (TPSA) is 26.3 Å². The van der Waals surface area contributed by atoms with Gasteiger partial charge >= 0.3 is 5.97 Å². The number of carbonyl (C=O) groups is 1. The van der Waals surface area contributed by atoms with Crippen molar-refractivity contribution in [3.63, 3.8) is 0 Å². The molecule has 0 aliphatic rings. The zero-order valence-corrected chi connectivity index (χ0v) is 7.32. The third-order valence-electron chi connectivity index (χ3n) is 1.12. The van der Waals surface area contributed by atoms with Crippen LogP contribution in [0.25, 0.3) is 0 Å². The molecule has 0 unspecified atom stereocenters. The molecule has 0 aromatic rings. The summed E-state index contributed by atoms with van der Waals surface area (Å²) in [4.78, 5) is 11.0. The Balaban J connectivity index is 3.54. The van der Waals surface area contributed by atoms with Crippen LogP contribution in [0.4, 0.5) is 4.39 Å². The Morgan fingerprint density at radius 3 is 2.36 bits per heavy atom. The predicted octanol–water partition coefficient (Wildman–Crippen LogP) is 1.94. The molecule has 0 rings (SSSR count). The van der Waals surface area contributed by atoms with Crippen molar-refractivity contribution >= 4 is 5.97 Å². The van der Waals surface area contributed by atoms with Crippen LogP contribution in [0.3, 0.4) is 0 Å². The standard InChI is InChI=1S/C8H15FO2/c1-8(2,3)7(10)11-6-4-5-9/h4-6H2,1-3H3. The summed E-state index contributed by atoms with van der Waals surface area (Å²) in [6, 6.07) is 0. The molecule has 0 fully saturated rings. The van der Waals surface area contributed by atoms with E-state index in [0.717, 1.165) is 0 Å². The second-order valence-corrected chi connectivity index (χ2v) is 3.43. The van der Waals surface area contributed by atoms with Crippen LogP contribution < -0.4 is 0 Å². The second kappa shape index (κ2) is 4.31. The third kappa shape index (κ3) is 4.76. The lowest BCUT2D eigenvalue weighted by Gasteiger charge is -2.15. The van der Waals surface area contributed by atoms with Gasteiger partial charge in [-0.15, -0.1) is 0 Å². The van der Waals surface area contributed by atoms with Gasteiger partial charge in [0, 0.05) is 6.42 Å². The first-order chi connectivity index (χ1) is 4.98. The number of ether oxygens (including phenoxy) is 1. The number of hydrogen-bond donors (Lipinski definition) is 0. The summed E-state index contributed by atoms with van der Waals surface area (Å²) in [6.45, 7) is 5.06. The zero-order valence-electron chi connectivity index (χ0n) is 7.32. The molecule has 0 radical (unpaired) electrons. The van der Waals surface area contributed by atoms with E-state index in [4.69, 9.17) is 4.74 Å². The van der Waals surface area contributed by atoms with Gasteiger partial charge < -0.3 is 4.74 Å². The molecule has 0 aromatic carbocycles. The molecule has 0 spiro atoms. The Morgan fingerprint density at radius 1 is 1.45 bits per heavy atom. The van der Waals surface area contributed by atoms with Gasteiger partial charge in [-0.1, -0.05) is 0 Å². The predicted molar refractivity (Wildman–Crippen MR) is 41.0 cm³/mol. The molecule has 0 bridgehead atoms. The smallest absolute Gasteiger partial charge is 0.311 e. The van der Waals surface area contributed by atoms with Crippen LogP contribution in [0.5, 0.6) is 0 Å². The molecule has 0 aliphatic carbocycles. The molecule has 66 valence electrons. The van der Waals surface area contributed by atoms with Crippen molar-refractivity contribution in [1.29, 1.82) is 0 Å². The number of halogens is 1. The molecule has 0 amide bonds. The molecule has 0 aliphatic heterocycles. The molecule has 0 aromatic heterocycles. The first kappa shape index (κ1) is 10.4. The summed E-state index contributed by atoms with van der Waals surface area (Å²) < 4.78 is 16.3. The highest BCUT2D eigenvalue weighted by molar-refractivity contribution is 5.75. The Labute approximate surface area is 66.7 Å². The Hall–Kier alpha value is -0.600. The third-order valence-corrected chi connectivity index (χ3v) is 1.12. The van der Waals surface area contributed by atoms with Gasteiger partial charge in [-0.25, -0.2) is 0 Å². The first-order valence-electron chi connectivity index (χ1n) is 3.71. The van der Waals surface area contributed by atoms with Crippen molar-refractivity contribution < 1.29 is 13.9 Å². The highest BCUT2D eigenvalue weighted by atomic mass is 19.1. The maximum Gasteiger partial charge on any atom is 0.311 e. The molecule has 0 saturated carbocycles. The van der Waals surface area contributed by atoms with E-state index in [2.05, 4.69) is 0 Å². The van der Waals surface area contributed by atoms with E-state index in [9.17, 15) is 9.18 Å². The SMILES string of the molecule is CC(C)(C)C(=O)OCCCF. The molecular formula is C8H15FO2. The summed E-state index contributed by atoms with van der Waals surface area (Å²) in [7, 11) is 0. The summed E-state index contributed by atoms with van der Waals surface area (Å²) in [6.07, 6.45) is 0.293. The van der Waals surface area contributed by atoms with Gasteiger partial charge in [0.25, 0.3) is 0 Å². The van der Waals surface area contributed by atoms with Crippen molar-refractivity contribution in [3.8, 4) is 0 Å². The molecule has 2 nitrogen and oxygen atoms in total. The molecule has 0 N–H and O–H groups in total. The van der Waals surface area contributed by atoms with Gasteiger partial charge in [-0.2, -0.15) is 0 Å². The van der Waals surface area contributed by atoms with Gasteiger partial charge in [0.15, 0.2) is 0 Å². The highest BCUT2D eigenvalue weighted by Gasteiger charge is 2.22. The van der Waals surface area contributed by atoms with Crippen molar-refractivity contribution in [1.82, 2.24) is 0 Å². The first-order valence-corrected chi connectivity index (χ1v) is 3.71. The molecule has 0 saturated heterocycles. The van der Waals surface area contributed by atoms with Crippen LogP contribution in [0.1, 0.15) is 27.2 Å². The largest absolute Gasteiger partial charge is 0.465 e. The average molecular weight is 162 g/mol. The van der Waals surface area contributed by atoms with Crippen molar-refractivity contribution in [2.24, 2.45) is 5.41 Å². The number of carbonyl (C=O) groups excluding carboxylic acids is 1. The second-order valence-electron chi connectivity index (χ2n) is 3.43. The Morgan fingerprint density at radius 2 is 2.00 bits per heavy atom. The molecule has 0 heterocycles. The van der Waals surface area contributed by atoms with Crippen LogP contribution >= 0.6 is 0 Å². The minimum Gasteiger partial charge on any atom is -0.465 e. The van der Waals surface area contributed by atoms with Crippen LogP contribution in [-0.4, -0.2) is 19.3 Å². The van der Waals surface area contributed by atoms with E-state index in [1.54, 1.807) is 20.8 Å². The maximum atomic E-state index is 11.5. The zero-order chi connectivity index (χ0) is 8.91. The normalized spacial score (nSPS) is 11.3. The summed E-state index contributed by atoms with van der Waals surface area (Å²) in [5, 5.41) is 0. The van der Waals surface area contributed by atoms with Gasteiger partial charge in [-0.3, -0.25) is 9.18 Å². The van der Waals surface area contributed by atoms with Crippen molar-refractivity contribution in [2.75, 3.05) is 13.3 Å². The van der Waals surface area contributed by atoms with E-state index in [1.807, 2.05) is 0 Å². The summed E-state index contributed by atoms with van der Waals surface area (Å²) in [5.41, 5.74) is -0.476. The molecule has 0 atom stereocenters. The summed E-state index contributed by atoms with van der Waals surface area (Å²) in [5.74, 6) is -0.272. The van der Waals surface area contributed by atoms with E-state index >= 15 is 0 Å². The van der Waals surface area contributed by atoms with Crippen LogP contribution in [-0.2, 0) is 9.53 Å². The minimum absolute atomic E-state index is 0.187. The summed E-state index contributed by atoms with van der Waals surface area (Å²) >= 11 is 0. The lowest BCUT2D eigenvalue weighted by molar-refractivity contribution is -0.153. The maximum absolute atomic E-state index is 11.5. The Bertz CT molecular complexity index is 127. The number of hydrogen-bond acceptors (Lipinski definition) is 2. The fourth-order valence-electron chi connectivity index (χ4n) is 0.436. The lowest BCUT2D eigenvalue weighted by Crippen LogP contribution is -2.23. The quantitative estimate of drug-likeness (QED) is 0.468. The van der Waals surface area contributed by atoms with Gasteiger partial charge in [0.05, 0.1) is 18.7 Å². The Kier molecular flexibility index (Phi) is 4.08. The van der Waals surface area contributed by atoms with Gasteiger partial charge in [0.2, 0.25) is 0 Å². The van der Waals surface area contributed by atoms with Crippen molar-refractivity contribution in [2.45, 2.75) is 27.2 Å². The van der Waals surface area contributed by atoms with E-state index in [1.165, 1.54) is 0 Å². The fraction of sp³-hybridized carbons (Fsp3) is 0.875. The van der Waals surface area contributed by atoms with E-state index in [-0.39, 0.29) is 12.6 Å².